The average molecular weight is 266 g/mol. The quantitative estimate of drug-likeness (QED) is 0.671. The SMILES string of the molecule is CCOC(=O)c1c(CCl)c(C(F)F)c[nH]c1=O. The van der Waals surface area contributed by atoms with E-state index in [1.54, 1.807) is 6.92 Å². The van der Waals surface area contributed by atoms with E-state index in [4.69, 9.17) is 11.6 Å². The second-order valence-electron chi connectivity index (χ2n) is 3.08. The van der Waals surface area contributed by atoms with Gasteiger partial charge in [0.25, 0.3) is 12.0 Å². The molecule has 7 heteroatoms. The normalized spacial score (nSPS) is 10.6. The number of hydrogen-bond acceptors (Lipinski definition) is 3. The van der Waals surface area contributed by atoms with Crippen molar-refractivity contribution in [1.29, 1.82) is 0 Å². The van der Waals surface area contributed by atoms with Gasteiger partial charge >= 0.3 is 5.97 Å². The number of alkyl halides is 3. The summed E-state index contributed by atoms with van der Waals surface area (Å²) in [5, 5.41) is 0. The van der Waals surface area contributed by atoms with Crippen molar-refractivity contribution in [2.24, 2.45) is 0 Å². The Morgan fingerprint density at radius 2 is 2.24 bits per heavy atom. The van der Waals surface area contributed by atoms with Crippen molar-refractivity contribution in [1.82, 2.24) is 4.98 Å². The van der Waals surface area contributed by atoms with Gasteiger partial charge < -0.3 is 9.72 Å². The summed E-state index contributed by atoms with van der Waals surface area (Å²) >= 11 is 5.50. The van der Waals surface area contributed by atoms with E-state index in [9.17, 15) is 18.4 Å². The summed E-state index contributed by atoms with van der Waals surface area (Å²) in [7, 11) is 0. The van der Waals surface area contributed by atoms with Gasteiger partial charge in [0.1, 0.15) is 5.56 Å². The van der Waals surface area contributed by atoms with Crippen molar-refractivity contribution in [3.8, 4) is 0 Å². The van der Waals surface area contributed by atoms with Crippen molar-refractivity contribution >= 4 is 17.6 Å². The Morgan fingerprint density at radius 1 is 1.59 bits per heavy atom. The van der Waals surface area contributed by atoms with Crippen molar-refractivity contribution in [2.45, 2.75) is 19.2 Å². The summed E-state index contributed by atoms with van der Waals surface area (Å²) in [6.45, 7) is 1.59. The lowest BCUT2D eigenvalue weighted by atomic mass is 10.1. The Bertz CT molecular complexity index is 473. The number of esters is 1. The first-order chi connectivity index (χ1) is 8.02. The van der Waals surface area contributed by atoms with Crippen LogP contribution in [-0.4, -0.2) is 17.6 Å². The minimum absolute atomic E-state index is 0.0406. The van der Waals surface area contributed by atoms with Gasteiger partial charge in [0, 0.05) is 17.6 Å². The Balaban J connectivity index is 3.40. The summed E-state index contributed by atoms with van der Waals surface area (Å²) in [5.74, 6) is -1.32. The summed E-state index contributed by atoms with van der Waals surface area (Å²) < 4.78 is 29.9. The molecular weight excluding hydrogens is 256 g/mol. The molecule has 0 saturated heterocycles. The number of rotatable bonds is 4. The zero-order valence-electron chi connectivity index (χ0n) is 8.93. The summed E-state index contributed by atoms with van der Waals surface area (Å²) in [6.07, 6.45) is -1.97. The fourth-order valence-corrected chi connectivity index (χ4v) is 1.63. The molecule has 0 unspecified atom stereocenters. The van der Waals surface area contributed by atoms with Gasteiger partial charge in [-0.3, -0.25) is 4.79 Å². The monoisotopic (exact) mass is 265 g/mol. The van der Waals surface area contributed by atoms with Crippen LogP contribution in [-0.2, 0) is 10.6 Å². The maximum Gasteiger partial charge on any atom is 0.344 e. The van der Waals surface area contributed by atoms with E-state index in [1.807, 2.05) is 0 Å². The molecule has 1 heterocycles. The molecule has 4 nitrogen and oxygen atoms in total. The smallest absolute Gasteiger partial charge is 0.344 e. The molecule has 0 aliphatic heterocycles. The van der Waals surface area contributed by atoms with E-state index in [0.717, 1.165) is 6.20 Å². The lowest BCUT2D eigenvalue weighted by Gasteiger charge is -2.10. The van der Waals surface area contributed by atoms with Gasteiger partial charge in [-0.2, -0.15) is 0 Å². The predicted molar refractivity (Wildman–Crippen MR) is 57.5 cm³/mol. The second-order valence-corrected chi connectivity index (χ2v) is 3.35. The van der Waals surface area contributed by atoms with E-state index in [-0.39, 0.29) is 18.1 Å². The molecule has 1 aromatic heterocycles. The average Bonchev–Trinajstić information content (AvgIpc) is 2.28. The number of carbonyl (C=O) groups excluding carboxylic acids is 1. The van der Waals surface area contributed by atoms with Crippen LogP contribution in [0.3, 0.4) is 0 Å². The van der Waals surface area contributed by atoms with Gasteiger partial charge in [-0.05, 0) is 12.5 Å². The van der Waals surface area contributed by atoms with E-state index in [1.165, 1.54) is 0 Å². The molecule has 1 N–H and O–H groups in total. The number of aromatic amines is 1. The number of nitrogens with one attached hydrogen (secondary N) is 1. The third kappa shape index (κ3) is 2.82. The summed E-state index contributed by atoms with van der Waals surface area (Å²) in [5.41, 5.74) is -1.91. The van der Waals surface area contributed by atoms with Crippen LogP contribution in [0, 0.1) is 0 Å². The lowest BCUT2D eigenvalue weighted by Crippen LogP contribution is -2.23. The Morgan fingerprint density at radius 3 is 2.71 bits per heavy atom. The van der Waals surface area contributed by atoms with Gasteiger partial charge in [-0.15, -0.1) is 11.6 Å². The van der Waals surface area contributed by atoms with Crippen LogP contribution in [0.4, 0.5) is 8.78 Å². The first-order valence-corrected chi connectivity index (χ1v) is 5.32. The topological polar surface area (TPSA) is 59.2 Å². The molecule has 1 rings (SSSR count). The third-order valence-electron chi connectivity index (χ3n) is 2.08. The molecule has 17 heavy (non-hydrogen) atoms. The van der Waals surface area contributed by atoms with Crippen LogP contribution in [0.2, 0.25) is 0 Å². The number of pyridine rings is 1. The van der Waals surface area contributed by atoms with Crippen molar-refractivity contribution in [3.63, 3.8) is 0 Å². The summed E-state index contributed by atoms with van der Waals surface area (Å²) in [6, 6.07) is 0. The van der Waals surface area contributed by atoms with Gasteiger partial charge in [0.2, 0.25) is 0 Å². The zero-order valence-corrected chi connectivity index (χ0v) is 9.68. The molecule has 0 aliphatic rings. The van der Waals surface area contributed by atoms with Gasteiger partial charge in [-0.1, -0.05) is 0 Å². The predicted octanol–water partition coefficient (Wildman–Crippen LogP) is 2.23. The van der Waals surface area contributed by atoms with Crippen LogP contribution < -0.4 is 5.56 Å². The third-order valence-corrected chi connectivity index (χ3v) is 2.35. The highest BCUT2D eigenvalue weighted by Crippen LogP contribution is 2.24. The molecule has 0 radical (unpaired) electrons. The van der Waals surface area contributed by atoms with Gasteiger partial charge in [-0.25, -0.2) is 13.6 Å². The molecule has 0 saturated carbocycles. The number of H-pyrrole nitrogens is 1. The fourth-order valence-electron chi connectivity index (χ4n) is 1.34. The van der Waals surface area contributed by atoms with Gasteiger partial charge in [0.05, 0.1) is 6.61 Å². The number of aromatic nitrogens is 1. The van der Waals surface area contributed by atoms with E-state index in [0.29, 0.717) is 0 Å². The molecular formula is C10H10ClF2NO3. The van der Waals surface area contributed by atoms with Crippen molar-refractivity contribution < 1.29 is 18.3 Å². The molecule has 0 bridgehead atoms. The Kier molecular flexibility index (Phi) is 4.62. The second kappa shape index (κ2) is 5.77. The number of carbonyl (C=O) groups is 1. The largest absolute Gasteiger partial charge is 0.462 e. The fraction of sp³-hybridized carbons (Fsp3) is 0.400. The van der Waals surface area contributed by atoms with Crippen LogP contribution >= 0.6 is 11.6 Å². The first kappa shape index (κ1) is 13.6. The van der Waals surface area contributed by atoms with Gasteiger partial charge in [0.15, 0.2) is 0 Å². The highest BCUT2D eigenvalue weighted by Gasteiger charge is 2.23. The highest BCUT2D eigenvalue weighted by atomic mass is 35.5. The zero-order chi connectivity index (χ0) is 13.0. The molecule has 0 spiro atoms. The number of hydrogen-bond donors (Lipinski definition) is 1. The molecule has 0 amide bonds. The Hall–Kier alpha value is -1.43. The minimum Gasteiger partial charge on any atom is -0.462 e. The van der Waals surface area contributed by atoms with E-state index in [2.05, 4.69) is 9.72 Å². The van der Waals surface area contributed by atoms with Crippen molar-refractivity contribution in [2.75, 3.05) is 6.61 Å². The van der Waals surface area contributed by atoms with E-state index >= 15 is 0 Å². The number of ether oxygens (including phenoxy) is 1. The maximum atomic E-state index is 12.6. The lowest BCUT2D eigenvalue weighted by molar-refractivity contribution is 0.0522. The molecule has 0 fully saturated rings. The Labute approximate surface area is 101 Å². The van der Waals surface area contributed by atoms with Crippen LogP contribution in [0.15, 0.2) is 11.0 Å². The standard InChI is InChI=1S/C10H10ClF2NO3/c1-2-17-10(16)7-5(3-11)6(8(12)13)4-14-9(7)15/h4,8H,2-3H2,1H3,(H,14,15). The minimum atomic E-state index is -2.83. The highest BCUT2D eigenvalue weighted by molar-refractivity contribution is 6.17. The van der Waals surface area contributed by atoms with E-state index < -0.39 is 29.1 Å². The summed E-state index contributed by atoms with van der Waals surface area (Å²) in [4.78, 5) is 25.0. The van der Waals surface area contributed by atoms with Crippen LogP contribution in [0.5, 0.6) is 0 Å². The number of halogens is 3. The molecule has 0 aliphatic carbocycles. The molecule has 0 aromatic carbocycles. The molecule has 1 aromatic rings. The molecule has 0 atom stereocenters. The van der Waals surface area contributed by atoms with Crippen LogP contribution in [0.1, 0.15) is 34.8 Å². The maximum absolute atomic E-state index is 12.6. The first-order valence-electron chi connectivity index (χ1n) is 4.78. The van der Waals surface area contributed by atoms with Crippen LogP contribution in [0.25, 0.3) is 0 Å². The van der Waals surface area contributed by atoms with Crippen molar-refractivity contribution in [3.05, 3.63) is 33.2 Å². The molecule has 94 valence electrons.